The monoisotopic (exact) mass is 625 g/mol. The zero-order valence-electron chi connectivity index (χ0n) is 29.3. The molecule has 0 aliphatic heterocycles. The molecule has 0 aromatic rings. The van der Waals surface area contributed by atoms with Crippen molar-refractivity contribution in [3.05, 3.63) is 24.3 Å². The molecule has 43 heavy (non-hydrogen) atoms. The van der Waals surface area contributed by atoms with Crippen molar-refractivity contribution in [2.24, 2.45) is 0 Å². The topological polar surface area (TPSA) is 27.7 Å². The molecule has 0 saturated carbocycles. The van der Waals surface area contributed by atoms with Crippen LogP contribution in [0.4, 0.5) is 0 Å². The van der Waals surface area contributed by atoms with Crippen LogP contribution in [0.3, 0.4) is 0 Å². The first-order valence-electron chi connectivity index (χ1n) is 19.2. The van der Waals surface area contributed by atoms with E-state index in [1.807, 2.05) is 0 Å². The quantitative estimate of drug-likeness (QED) is 0.0391. The lowest BCUT2D eigenvalue weighted by molar-refractivity contribution is -0.0362. The van der Waals surface area contributed by atoms with Crippen LogP contribution in [-0.4, -0.2) is 32.5 Å². The maximum Gasteiger partial charge on any atom is 0.104 e. The van der Waals surface area contributed by atoms with Crippen molar-refractivity contribution in [1.82, 2.24) is 0 Å². The minimum atomic E-state index is 0.0507. The Morgan fingerprint density at radius 2 is 0.767 bits per heavy atom. The molecule has 2 atom stereocenters. The molecule has 0 N–H and O–H groups in total. The van der Waals surface area contributed by atoms with Gasteiger partial charge in [-0.1, -0.05) is 154 Å². The van der Waals surface area contributed by atoms with Crippen LogP contribution in [0.5, 0.6) is 0 Å². The Bertz CT molecular complexity index is 551. The molecule has 0 aliphatic rings. The average Bonchev–Trinajstić information content (AvgIpc) is 3.01. The van der Waals surface area contributed by atoms with Gasteiger partial charge in [0.05, 0.1) is 13.2 Å². The van der Waals surface area contributed by atoms with Crippen molar-refractivity contribution in [1.29, 1.82) is 0 Å². The van der Waals surface area contributed by atoms with Gasteiger partial charge in [-0.15, -0.1) is 0 Å². The van der Waals surface area contributed by atoms with Gasteiger partial charge < -0.3 is 14.0 Å². The molecule has 0 bridgehead atoms. The first kappa shape index (κ1) is 42.8. The van der Waals surface area contributed by atoms with E-state index >= 15 is 0 Å². The SMILES string of the molecule is CCCCCCCC/C=C\CCCCCCCCOCC(COP)OCCCCCCCC/C=C\CCCCCCCC. The highest BCUT2D eigenvalue weighted by Gasteiger charge is 2.09. The van der Waals surface area contributed by atoms with Gasteiger partial charge in [0, 0.05) is 22.7 Å². The first-order chi connectivity index (χ1) is 21.3. The summed E-state index contributed by atoms with van der Waals surface area (Å²) in [6.45, 7) is 7.46. The Balaban J connectivity index is 3.42. The Morgan fingerprint density at radius 1 is 0.419 bits per heavy atom. The summed E-state index contributed by atoms with van der Waals surface area (Å²) in [4.78, 5) is 0. The molecule has 3 nitrogen and oxygen atoms in total. The highest BCUT2D eigenvalue weighted by atomic mass is 31.0. The summed E-state index contributed by atoms with van der Waals surface area (Å²) >= 11 is 0. The molecule has 0 spiro atoms. The van der Waals surface area contributed by atoms with Crippen LogP contribution < -0.4 is 0 Å². The van der Waals surface area contributed by atoms with E-state index in [0.29, 0.717) is 13.2 Å². The second kappa shape index (κ2) is 39.8. The Labute approximate surface area is 273 Å². The standard InChI is InChI=1S/C39H77O3P/c1-3-5-7-9-11-13-15-17-19-21-23-25-27-29-31-33-35-40-37-39(38-42-43)41-36-34-32-30-28-26-24-22-20-18-16-14-12-10-8-6-4-2/h17-20,39H,3-16,21-38,43H2,1-2H3/b19-17-,20-18-. The molecule has 0 rings (SSSR count). The van der Waals surface area contributed by atoms with Crippen LogP contribution in [-0.2, 0) is 14.0 Å². The number of rotatable bonds is 37. The van der Waals surface area contributed by atoms with Gasteiger partial charge in [-0.2, -0.15) is 0 Å². The molecule has 0 fully saturated rings. The summed E-state index contributed by atoms with van der Waals surface area (Å²) in [5.41, 5.74) is 0. The van der Waals surface area contributed by atoms with E-state index in [9.17, 15) is 0 Å². The average molecular weight is 625 g/mol. The maximum atomic E-state index is 6.06. The zero-order chi connectivity index (χ0) is 31.2. The summed E-state index contributed by atoms with van der Waals surface area (Å²) in [6, 6.07) is 0. The number of hydrogen-bond donors (Lipinski definition) is 0. The third kappa shape index (κ3) is 37.9. The van der Waals surface area contributed by atoms with Gasteiger partial charge >= 0.3 is 0 Å². The van der Waals surface area contributed by atoms with Gasteiger partial charge in [0.15, 0.2) is 0 Å². The molecule has 0 saturated heterocycles. The molecule has 256 valence electrons. The van der Waals surface area contributed by atoms with Crippen molar-refractivity contribution in [3.63, 3.8) is 0 Å². The van der Waals surface area contributed by atoms with E-state index < -0.39 is 0 Å². The minimum Gasteiger partial charge on any atom is -0.379 e. The van der Waals surface area contributed by atoms with E-state index in [1.54, 1.807) is 0 Å². The van der Waals surface area contributed by atoms with Gasteiger partial charge in [0.1, 0.15) is 6.10 Å². The highest BCUT2D eigenvalue weighted by Crippen LogP contribution is 2.12. The van der Waals surface area contributed by atoms with Crippen molar-refractivity contribution in [2.75, 3.05) is 26.4 Å². The lowest BCUT2D eigenvalue weighted by Gasteiger charge is -2.17. The smallest absolute Gasteiger partial charge is 0.104 e. The van der Waals surface area contributed by atoms with Crippen LogP contribution in [0.2, 0.25) is 0 Å². The van der Waals surface area contributed by atoms with Crippen molar-refractivity contribution in [2.45, 2.75) is 200 Å². The lowest BCUT2D eigenvalue weighted by Crippen LogP contribution is -2.25. The molecule has 4 heteroatoms. The summed E-state index contributed by atoms with van der Waals surface area (Å²) in [7, 11) is 2.35. The van der Waals surface area contributed by atoms with Gasteiger partial charge in [0.2, 0.25) is 0 Å². The van der Waals surface area contributed by atoms with Crippen molar-refractivity contribution < 1.29 is 14.0 Å². The molecule has 0 heterocycles. The molecule has 0 radical (unpaired) electrons. The predicted octanol–water partition coefficient (Wildman–Crippen LogP) is 13.3. The third-order valence-electron chi connectivity index (χ3n) is 8.40. The van der Waals surface area contributed by atoms with Crippen molar-refractivity contribution >= 4 is 9.47 Å². The fraction of sp³-hybridized carbons (Fsp3) is 0.897. The van der Waals surface area contributed by atoms with Gasteiger partial charge in [-0.05, 0) is 64.2 Å². The fourth-order valence-electron chi connectivity index (χ4n) is 5.52. The fourth-order valence-corrected chi connectivity index (χ4v) is 5.73. The molecule has 0 amide bonds. The van der Waals surface area contributed by atoms with E-state index in [4.69, 9.17) is 14.0 Å². The Hall–Kier alpha value is -0.210. The van der Waals surface area contributed by atoms with E-state index in [-0.39, 0.29) is 6.10 Å². The van der Waals surface area contributed by atoms with Crippen LogP contribution in [0, 0.1) is 0 Å². The minimum absolute atomic E-state index is 0.0507. The molecular weight excluding hydrogens is 547 g/mol. The van der Waals surface area contributed by atoms with Crippen LogP contribution in [0.15, 0.2) is 24.3 Å². The van der Waals surface area contributed by atoms with Crippen LogP contribution in [0.25, 0.3) is 0 Å². The first-order valence-corrected chi connectivity index (χ1v) is 19.6. The zero-order valence-corrected chi connectivity index (χ0v) is 30.5. The number of unbranched alkanes of at least 4 members (excludes halogenated alkanes) is 24. The van der Waals surface area contributed by atoms with Gasteiger partial charge in [-0.25, -0.2) is 0 Å². The normalized spacial score (nSPS) is 12.7. The number of allylic oxidation sites excluding steroid dienone is 4. The third-order valence-corrected chi connectivity index (χ3v) is 8.59. The van der Waals surface area contributed by atoms with Crippen molar-refractivity contribution in [3.8, 4) is 0 Å². The Kier molecular flexibility index (Phi) is 39.6. The Morgan fingerprint density at radius 3 is 1.16 bits per heavy atom. The second-order valence-corrected chi connectivity index (χ2v) is 13.1. The highest BCUT2D eigenvalue weighted by molar-refractivity contribution is 7.09. The van der Waals surface area contributed by atoms with E-state index in [2.05, 4.69) is 47.6 Å². The summed E-state index contributed by atoms with van der Waals surface area (Å²) < 4.78 is 17.3. The number of hydrogen-bond acceptors (Lipinski definition) is 3. The predicted molar refractivity (Wildman–Crippen MR) is 195 cm³/mol. The molecular formula is C39H77O3P. The summed E-state index contributed by atoms with van der Waals surface area (Å²) in [5, 5.41) is 0. The van der Waals surface area contributed by atoms with E-state index in [1.165, 1.54) is 167 Å². The molecule has 2 unspecified atom stereocenters. The molecule has 0 aromatic heterocycles. The maximum absolute atomic E-state index is 6.06. The molecule has 0 aromatic carbocycles. The van der Waals surface area contributed by atoms with E-state index in [0.717, 1.165) is 26.1 Å². The summed E-state index contributed by atoms with van der Waals surface area (Å²) in [6.07, 6.45) is 47.1. The van der Waals surface area contributed by atoms with Gasteiger partial charge in [-0.3, -0.25) is 0 Å². The van der Waals surface area contributed by atoms with Gasteiger partial charge in [0.25, 0.3) is 0 Å². The largest absolute Gasteiger partial charge is 0.379 e. The molecule has 0 aliphatic carbocycles. The van der Waals surface area contributed by atoms with Crippen LogP contribution >= 0.6 is 9.47 Å². The van der Waals surface area contributed by atoms with Crippen LogP contribution in [0.1, 0.15) is 194 Å². The lowest BCUT2D eigenvalue weighted by atomic mass is 10.1. The summed E-state index contributed by atoms with van der Waals surface area (Å²) in [5.74, 6) is 0. The number of ether oxygens (including phenoxy) is 2. The second-order valence-electron chi connectivity index (χ2n) is 12.8.